The summed E-state index contributed by atoms with van der Waals surface area (Å²) in [5.41, 5.74) is 7.55. The summed E-state index contributed by atoms with van der Waals surface area (Å²) < 4.78 is 2.06. The first-order chi connectivity index (χ1) is 7.70. The van der Waals surface area contributed by atoms with E-state index in [1.54, 1.807) is 0 Å². The Bertz CT molecular complexity index is 491. The zero-order valence-corrected chi connectivity index (χ0v) is 9.91. The molecule has 0 aliphatic rings. The van der Waals surface area contributed by atoms with Gasteiger partial charge in [0.05, 0.1) is 12.2 Å². The third kappa shape index (κ3) is 2.26. The fourth-order valence-electron chi connectivity index (χ4n) is 1.64. The number of aromatic nitrogens is 2. The number of halogens is 1. The van der Waals surface area contributed by atoms with Gasteiger partial charge in [-0.15, -0.1) is 0 Å². The molecule has 1 aromatic carbocycles. The van der Waals surface area contributed by atoms with Crippen LogP contribution >= 0.6 is 11.6 Å². The van der Waals surface area contributed by atoms with Gasteiger partial charge in [-0.25, -0.2) is 4.98 Å². The lowest BCUT2D eigenvalue weighted by Crippen LogP contribution is -2.01. The number of nitrogens with zero attached hydrogens (tertiary/aromatic N) is 2. The maximum Gasteiger partial charge on any atom is 0.106 e. The molecule has 2 rings (SSSR count). The number of benzene rings is 1. The number of rotatable bonds is 3. The molecular weight excluding hydrogens is 222 g/mol. The summed E-state index contributed by atoms with van der Waals surface area (Å²) in [5.74, 6) is 0.959. The molecule has 0 bridgehead atoms. The van der Waals surface area contributed by atoms with Crippen molar-refractivity contribution in [1.29, 1.82) is 0 Å². The maximum absolute atomic E-state index is 6.11. The Labute approximate surface area is 99.9 Å². The molecule has 0 fully saturated rings. The van der Waals surface area contributed by atoms with Gasteiger partial charge in [-0.3, -0.25) is 0 Å². The van der Waals surface area contributed by atoms with E-state index in [1.165, 1.54) is 0 Å². The average molecular weight is 236 g/mol. The van der Waals surface area contributed by atoms with Crippen LogP contribution in [0.25, 0.3) is 0 Å². The predicted octanol–water partition coefficient (Wildman–Crippen LogP) is 2.35. The van der Waals surface area contributed by atoms with Crippen molar-refractivity contribution in [1.82, 2.24) is 9.55 Å². The van der Waals surface area contributed by atoms with Crippen LogP contribution in [0, 0.1) is 6.92 Å². The topological polar surface area (TPSA) is 43.8 Å². The van der Waals surface area contributed by atoms with Crippen molar-refractivity contribution >= 4 is 11.6 Å². The second-order valence-corrected chi connectivity index (χ2v) is 4.11. The van der Waals surface area contributed by atoms with Gasteiger partial charge >= 0.3 is 0 Å². The minimum absolute atomic E-state index is 0.469. The summed E-state index contributed by atoms with van der Waals surface area (Å²) in [4.78, 5) is 4.35. The van der Waals surface area contributed by atoms with Crippen LogP contribution in [0.3, 0.4) is 0 Å². The predicted molar refractivity (Wildman–Crippen MR) is 65.4 cm³/mol. The molecule has 1 heterocycles. The molecule has 0 radical (unpaired) electrons. The normalized spacial score (nSPS) is 10.7. The number of hydrogen-bond donors (Lipinski definition) is 1. The van der Waals surface area contributed by atoms with Gasteiger partial charge < -0.3 is 10.3 Å². The minimum atomic E-state index is 0.469. The summed E-state index contributed by atoms with van der Waals surface area (Å²) in [6, 6.07) is 7.83. The summed E-state index contributed by atoms with van der Waals surface area (Å²) in [6.45, 7) is 3.17. The van der Waals surface area contributed by atoms with E-state index in [0.29, 0.717) is 6.54 Å². The van der Waals surface area contributed by atoms with E-state index in [4.69, 9.17) is 17.3 Å². The van der Waals surface area contributed by atoms with E-state index in [-0.39, 0.29) is 0 Å². The highest BCUT2D eigenvalue weighted by molar-refractivity contribution is 6.31. The van der Waals surface area contributed by atoms with Crippen LogP contribution in [-0.2, 0) is 13.1 Å². The Morgan fingerprint density at radius 2 is 2.12 bits per heavy atom. The van der Waals surface area contributed by atoms with Crippen LogP contribution in [0.15, 0.2) is 30.5 Å². The summed E-state index contributed by atoms with van der Waals surface area (Å²) in [6.07, 6.45) is 1.97. The standard InChI is InChI=1S/C12H14ClN3/c1-9-15-11(6-14)8-16(9)7-10-4-2-3-5-12(10)13/h2-5,8H,6-7,14H2,1H3. The van der Waals surface area contributed by atoms with Crippen LogP contribution in [0.4, 0.5) is 0 Å². The molecule has 0 aliphatic carbocycles. The van der Waals surface area contributed by atoms with Gasteiger partial charge in [0.2, 0.25) is 0 Å². The Hall–Kier alpha value is -1.32. The van der Waals surface area contributed by atoms with Gasteiger partial charge in [-0.05, 0) is 18.6 Å². The van der Waals surface area contributed by atoms with Gasteiger partial charge in [0.25, 0.3) is 0 Å². The molecular formula is C12H14ClN3. The van der Waals surface area contributed by atoms with E-state index in [1.807, 2.05) is 37.4 Å². The quantitative estimate of drug-likeness (QED) is 0.888. The first kappa shape index (κ1) is 11.2. The highest BCUT2D eigenvalue weighted by Gasteiger charge is 2.05. The lowest BCUT2D eigenvalue weighted by Gasteiger charge is -2.06. The Balaban J connectivity index is 2.27. The zero-order chi connectivity index (χ0) is 11.5. The molecule has 2 aromatic rings. The first-order valence-electron chi connectivity index (χ1n) is 5.17. The molecule has 16 heavy (non-hydrogen) atoms. The third-order valence-corrected chi connectivity index (χ3v) is 2.90. The van der Waals surface area contributed by atoms with Crippen LogP contribution in [0.1, 0.15) is 17.1 Å². The van der Waals surface area contributed by atoms with Crippen molar-refractivity contribution in [3.63, 3.8) is 0 Å². The summed E-state index contributed by atoms with van der Waals surface area (Å²) >= 11 is 6.11. The second-order valence-electron chi connectivity index (χ2n) is 3.70. The highest BCUT2D eigenvalue weighted by Crippen LogP contribution is 2.17. The van der Waals surface area contributed by atoms with Crippen molar-refractivity contribution in [2.75, 3.05) is 0 Å². The van der Waals surface area contributed by atoms with Crippen molar-refractivity contribution in [2.24, 2.45) is 5.73 Å². The molecule has 0 amide bonds. The van der Waals surface area contributed by atoms with Crippen molar-refractivity contribution in [2.45, 2.75) is 20.0 Å². The van der Waals surface area contributed by atoms with E-state index < -0.39 is 0 Å². The highest BCUT2D eigenvalue weighted by atomic mass is 35.5. The van der Waals surface area contributed by atoms with Crippen LogP contribution in [-0.4, -0.2) is 9.55 Å². The minimum Gasteiger partial charge on any atom is -0.330 e. The zero-order valence-electron chi connectivity index (χ0n) is 9.15. The van der Waals surface area contributed by atoms with Gasteiger partial charge in [0.1, 0.15) is 5.82 Å². The first-order valence-corrected chi connectivity index (χ1v) is 5.54. The van der Waals surface area contributed by atoms with Crippen LogP contribution < -0.4 is 5.73 Å². The third-order valence-electron chi connectivity index (χ3n) is 2.53. The van der Waals surface area contributed by atoms with Gasteiger partial charge in [0, 0.05) is 17.8 Å². The summed E-state index contributed by atoms with van der Waals surface area (Å²) in [5, 5.41) is 0.782. The molecule has 4 heteroatoms. The monoisotopic (exact) mass is 235 g/mol. The molecule has 0 aliphatic heterocycles. The fraction of sp³-hybridized carbons (Fsp3) is 0.250. The van der Waals surface area contributed by atoms with E-state index in [9.17, 15) is 0 Å². The Morgan fingerprint density at radius 1 is 1.38 bits per heavy atom. The molecule has 1 aromatic heterocycles. The number of aryl methyl sites for hydroxylation is 1. The molecule has 3 nitrogen and oxygen atoms in total. The van der Waals surface area contributed by atoms with Gasteiger partial charge in [-0.2, -0.15) is 0 Å². The van der Waals surface area contributed by atoms with Crippen LogP contribution in [0.5, 0.6) is 0 Å². The SMILES string of the molecule is Cc1nc(CN)cn1Cc1ccccc1Cl. The molecule has 0 atom stereocenters. The Morgan fingerprint density at radius 3 is 2.75 bits per heavy atom. The van der Waals surface area contributed by atoms with Crippen molar-refractivity contribution in [3.8, 4) is 0 Å². The molecule has 84 valence electrons. The summed E-state index contributed by atoms with van der Waals surface area (Å²) in [7, 11) is 0. The lowest BCUT2D eigenvalue weighted by molar-refractivity contribution is 0.761. The van der Waals surface area contributed by atoms with E-state index >= 15 is 0 Å². The number of nitrogens with two attached hydrogens (primary N) is 1. The van der Waals surface area contributed by atoms with Crippen LogP contribution in [0.2, 0.25) is 5.02 Å². The molecule has 0 saturated heterocycles. The fourth-order valence-corrected chi connectivity index (χ4v) is 1.84. The molecule has 0 saturated carbocycles. The smallest absolute Gasteiger partial charge is 0.106 e. The second kappa shape index (κ2) is 4.68. The Kier molecular flexibility index (Phi) is 3.27. The lowest BCUT2D eigenvalue weighted by atomic mass is 10.2. The number of imidazole rings is 1. The number of hydrogen-bond acceptors (Lipinski definition) is 2. The average Bonchev–Trinajstić information content (AvgIpc) is 2.63. The van der Waals surface area contributed by atoms with Gasteiger partial charge in [-0.1, -0.05) is 29.8 Å². The van der Waals surface area contributed by atoms with Crippen molar-refractivity contribution in [3.05, 3.63) is 52.6 Å². The van der Waals surface area contributed by atoms with Crippen molar-refractivity contribution < 1.29 is 0 Å². The molecule has 2 N–H and O–H groups in total. The largest absolute Gasteiger partial charge is 0.330 e. The van der Waals surface area contributed by atoms with Gasteiger partial charge in [0.15, 0.2) is 0 Å². The maximum atomic E-state index is 6.11. The molecule has 0 spiro atoms. The van der Waals surface area contributed by atoms with E-state index in [0.717, 1.165) is 28.6 Å². The molecule has 0 unspecified atom stereocenters. The van der Waals surface area contributed by atoms with E-state index in [2.05, 4.69) is 9.55 Å².